The van der Waals surface area contributed by atoms with Gasteiger partial charge in [0.25, 0.3) is 5.91 Å². The first-order valence-electron chi connectivity index (χ1n) is 8.56. The Morgan fingerprint density at radius 1 is 1.24 bits per heavy atom. The van der Waals surface area contributed by atoms with E-state index in [-0.39, 0.29) is 18.5 Å². The summed E-state index contributed by atoms with van der Waals surface area (Å²) in [5, 5.41) is 9.77. The minimum atomic E-state index is -0.823. The maximum Gasteiger partial charge on any atom is 0.317 e. The molecule has 2 aromatic rings. The van der Waals surface area contributed by atoms with E-state index in [2.05, 4.69) is 0 Å². The zero-order valence-electron chi connectivity index (χ0n) is 14.9. The van der Waals surface area contributed by atoms with Crippen molar-refractivity contribution in [3.8, 4) is 0 Å². The van der Waals surface area contributed by atoms with Gasteiger partial charge in [-0.05, 0) is 57.0 Å². The van der Waals surface area contributed by atoms with E-state index >= 15 is 0 Å². The average molecular weight is 344 g/mol. The Morgan fingerprint density at radius 3 is 2.52 bits per heavy atom. The summed E-state index contributed by atoms with van der Waals surface area (Å²) in [6, 6.07) is 4.18. The van der Waals surface area contributed by atoms with Gasteiger partial charge in [0.2, 0.25) is 0 Å². The molecule has 1 fully saturated rings. The Hall–Kier alpha value is -2.34. The fourth-order valence-corrected chi connectivity index (χ4v) is 3.47. The fourth-order valence-electron chi connectivity index (χ4n) is 3.47. The minimum Gasteiger partial charge on any atom is -0.480 e. The maximum atomic E-state index is 12.9. The molecule has 1 aromatic heterocycles. The van der Waals surface area contributed by atoms with Crippen LogP contribution < -0.4 is 0 Å². The lowest BCUT2D eigenvalue weighted by Crippen LogP contribution is -2.46. The lowest BCUT2D eigenvalue weighted by molar-refractivity contribution is -0.138. The third kappa shape index (κ3) is 3.54. The molecule has 0 radical (unpaired) electrons. The highest BCUT2D eigenvalue weighted by Gasteiger charge is 2.28. The van der Waals surface area contributed by atoms with Crippen molar-refractivity contribution in [2.75, 3.05) is 26.7 Å². The average Bonchev–Trinajstić information content (AvgIpc) is 2.97. The predicted octanol–water partition coefficient (Wildman–Crippen LogP) is 2.67. The second-order valence-electron chi connectivity index (χ2n) is 6.91. The molecule has 1 amide bonds. The van der Waals surface area contributed by atoms with Crippen LogP contribution in [-0.4, -0.2) is 59.5 Å². The van der Waals surface area contributed by atoms with Crippen LogP contribution in [0.1, 0.15) is 34.3 Å². The van der Waals surface area contributed by atoms with Crippen molar-refractivity contribution in [2.24, 2.45) is 0 Å². The molecule has 0 spiro atoms. The Bertz CT molecular complexity index is 803. The number of aliphatic carboxylic acids is 1. The molecule has 134 valence electrons. The number of nitrogens with zero attached hydrogens (tertiary/aromatic N) is 2. The number of carbonyl (C=O) groups excluding carboxylic acids is 1. The van der Waals surface area contributed by atoms with Gasteiger partial charge in [-0.2, -0.15) is 0 Å². The van der Waals surface area contributed by atoms with Gasteiger partial charge in [-0.1, -0.05) is 0 Å². The predicted molar refractivity (Wildman–Crippen MR) is 94.9 cm³/mol. The molecular formula is C19H24N2O4. The first-order chi connectivity index (χ1) is 11.9. The third-order valence-electron chi connectivity index (χ3n) is 5.18. The molecule has 25 heavy (non-hydrogen) atoms. The van der Waals surface area contributed by atoms with E-state index in [1.54, 1.807) is 6.26 Å². The second-order valence-corrected chi connectivity index (χ2v) is 6.91. The van der Waals surface area contributed by atoms with E-state index in [0.29, 0.717) is 18.7 Å². The number of carbonyl (C=O) groups is 2. The summed E-state index contributed by atoms with van der Waals surface area (Å²) in [7, 11) is 1.82. The highest BCUT2D eigenvalue weighted by Crippen LogP contribution is 2.27. The number of rotatable bonds is 4. The number of hydrogen-bond acceptors (Lipinski definition) is 4. The van der Waals surface area contributed by atoms with Crippen LogP contribution in [-0.2, 0) is 4.79 Å². The van der Waals surface area contributed by atoms with E-state index in [4.69, 9.17) is 9.52 Å². The van der Waals surface area contributed by atoms with Crippen molar-refractivity contribution in [3.63, 3.8) is 0 Å². The highest BCUT2D eigenvalue weighted by atomic mass is 16.4. The number of carboxylic acid groups (broad SMARTS) is 1. The molecule has 0 atom stereocenters. The maximum absolute atomic E-state index is 12.9. The van der Waals surface area contributed by atoms with Crippen LogP contribution >= 0.6 is 0 Å². The van der Waals surface area contributed by atoms with Crippen molar-refractivity contribution in [1.82, 2.24) is 9.80 Å². The summed E-state index contributed by atoms with van der Waals surface area (Å²) in [6.45, 7) is 5.34. The molecule has 1 aromatic carbocycles. The van der Waals surface area contributed by atoms with Crippen LogP contribution in [0.2, 0.25) is 0 Å². The Labute approximate surface area is 147 Å². The van der Waals surface area contributed by atoms with Crippen LogP contribution in [0.25, 0.3) is 11.0 Å². The summed E-state index contributed by atoms with van der Waals surface area (Å²) < 4.78 is 5.58. The van der Waals surface area contributed by atoms with E-state index in [9.17, 15) is 9.59 Å². The topological polar surface area (TPSA) is 74.0 Å². The first-order valence-corrected chi connectivity index (χ1v) is 8.56. The summed E-state index contributed by atoms with van der Waals surface area (Å²) in [5.74, 6) is -0.835. The van der Waals surface area contributed by atoms with Gasteiger partial charge in [0.15, 0.2) is 0 Å². The van der Waals surface area contributed by atoms with Crippen LogP contribution in [0.4, 0.5) is 0 Å². The monoisotopic (exact) mass is 344 g/mol. The number of piperidine rings is 1. The van der Waals surface area contributed by atoms with Crippen molar-refractivity contribution >= 4 is 22.8 Å². The molecule has 0 unspecified atom stereocenters. The Balaban J connectivity index is 1.71. The summed E-state index contributed by atoms with van der Waals surface area (Å²) in [5.41, 5.74) is 3.62. The van der Waals surface area contributed by atoms with Gasteiger partial charge < -0.3 is 14.4 Å². The summed E-state index contributed by atoms with van der Waals surface area (Å²) in [6.07, 6.45) is 3.11. The van der Waals surface area contributed by atoms with Gasteiger partial charge in [0.1, 0.15) is 11.8 Å². The number of aryl methyl sites for hydroxylation is 2. The molecule has 1 N–H and O–H groups in total. The highest BCUT2D eigenvalue weighted by molar-refractivity contribution is 6.06. The van der Waals surface area contributed by atoms with Crippen LogP contribution in [0.15, 0.2) is 22.8 Å². The van der Waals surface area contributed by atoms with E-state index in [1.165, 1.54) is 0 Å². The first kappa shape index (κ1) is 17.5. The van der Waals surface area contributed by atoms with E-state index < -0.39 is 5.97 Å². The number of amides is 1. The molecule has 6 nitrogen and oxygen atoms in total. The van der Waals surface area contributed by atoms with Crippen molar-refractivity contribution in [1.29, 1.82) is 0 Å². The van der Waals surface area contributed by atoms with Crippen LogP contribution in [0.3, 0.4) is 0 Å². The van der Waals surface area contributed by atoms with Crippen molar-refractivity contribution < 1.29 is 19.1 Å². The SMILES string of the molecule is Cc1cc2occ(C(=O)N3CCC(N(C)CC(=O)O)CC3)c2cc1C. The Morgan fingerprint density at radius 2 is 1.88 bits per heavy atom. The van der Waals surface area contributed by atoms with Crippen LogP contribution in [0, 0.1) is 13.8 Å². The summed E-state index contributed by atoms with van der Waals surface area (Å²) in [4.78, 5) is 27.4. The quantitative estimate of drug-likeness (QED) is 0.923. The number of likely N-dealkylation sites (N-methyl/N-ethyl adjacent to an activating group) is 1. The van der Waals surface area contributed by atoms with Crippen molar-refractivity contribution in [3.05, 3.63) is 35.1 Å². The molecule has 0 bridgehead atoms. The van der Waals surface area contributed by atoms with Gasteiger partial charge in [0, 0.05) is 24.5 Å². The number of hydrogen-bond donors (Lipinski definition) is 1. The summed E-state index contributed by atoms with van der Waals surface area (Å²) >= 11 is 0. The normalized spacial score (nSPS) is 15.9. The molecule has 3 rings (SSSR count). The lowest BCUT2D eigenvalue weighted by atomic mass is 10.0. The molecule has 1 saturated heterocycles. The molecule has 0 saturated carbocycles. The standard InChI is InChI=1S/C19H24N2O4/c1-12-8-15-16(11-25-17(15)9-13(12)2)19(24)21-6-4-14(5-7-21)20(3)10-18(22)23/h8-9,11,14H,4-7,10H2,1-3H3,(H,22,23). The van der Waals surface area contributed by atoms with Gasteiger partial charge in [-0.15, -0.1) is 0 Å². The van der Waals surface area contributed by atoms with Crippen LogP contribution in [0.5, 0.6) is 0 Å². The number of benzene rings is 1. The number of fused-ring (bicyclic) bond motifs is 1. The van der Waals surface area contributed by atoms with Gasteiger partial charge >= 0.3 is 5.97 Å². The molecule has 1 aliphatic heterocycles. The molecule has 2 heterocycles. The Kier molecular flexibility index (Phi) is 4.81. The largest absolute Gasteiger partial charge is 0.480 e. The fraction of sp³-hybridized carbons (Fsp3) is 0.474. The number of carboxylic acids is 1. The van der Waals surface area contributed by atoms with Gasteiger partial charge in [-0.3, -0.25) is 14.5 Å². The molecule has 6 heteroatoms. The molecule has 1 aliphatic rings. The molecular weight excluding hydrogens is 320 g/mol. The lowest BCUT2D eigenvalue weighted by Gasteiger charge is -2.36. The molecule has 0 aliphatic carbocycles. The minimum absolute atomic E-state index is 0.0126. The van der Waals surface area contributed by atoms with Gasteiger partial charge in [0.05, 0.1) is 12.1 Å². The number of likely N-dealkylation sites (tertiary alicyclic amines) is 1. The van der Waals surface area contributed by atoms with Gasteiger partial charge in [-0.25, -0.2) is 0 Å². The second kappa shape index (κ2) is 6.88. The zero-order valence-corrected chi connectivity index (χ0v) is 14.9. The van der Waals surface area contributed by atoms with E-state index in [1.807, 2.05) is 42.8 Å². The van der Waals surface area contributed by atoms with E-state index in [0.717, 1.165) is 34.9 Å². The zero-order chi connectivity index (χ0) is 18.1. The third-order valence-corrected chi connectivity index (χ3v) is 5.18. The smallest absolute Gasteiger partial charge is 0.317 e. The number of furan rings is 1. The van der Waals surface area contributed by atoms with Crippen molar-refractivity contribution in [2.45, 2.75) is 32.7 Å².